The van der Waals surface area contributed by atoms with Crippen LogP contribution >= 0.6 is 24.4 Å². The van der Waals surface area contributed by atoms with E-state index in [0.29, 0.717) is 5.25 Å². The molecule has 8 heavy (non-hydrogen) atoms. The van der Waals surface area contributed by atoms with Crippen molar-refractivity contribution in [3.05, 3.63) is 0 Å². The lowest BCUT2D eigenvalue weighted by molar-refractivity contribution is 0.247. The third-order valence-corrected chi connectivity index (χ3v) is 2.75. The second-order valence-corrected chi connectivity index (χ2v) is 4.02. The van der Waals surface area contributed by atoms with Crippen LogP contribution in [0.1, 0.15) is 12.8 Å². The molecule has 0 bridgehead atoms. The van der Waals surface area contributed by atoms with Crippen LogP contribution in [-0.4, -0.2) is 21.5 Å². The molecule has 1 fully saturated rings. The summed E-state index contributed by atoms with van der Waals surface area (Å²) < 4.78 is 0. The third-order valence-electron chi connectivity index (χ3n) is 1.24. The van der Waals surface area contributed by atoms with E-state index in [1.54, 1.807) is 11.8 Å². The quantitative estimate of drug-likeness (QED) is 0.505. The summed E-state index contributed by atoms with van der Waals surface area (Å²) in [6.07, 6.45) is 2.00. The number of aliphatic hydroxyl groups is 1. The van der Waals surface area contributed by atoms with Crippen molar-refractivity contribution in [1.82, 2.24) is 0 Å². The zero-order chi connectivity index (χ0) is 5.98. The Hall–Kier alpha value is 0.660. The first-order valence-corrected chi connectivity index (χ1v) is 4.33. The van der Waals surface area contributed by atoms with E-state index in [0.717, 1.165) is 18.6 Å². The molecule has 1 nitrogen and oxygen atoms in total. The maximum atomic E-state index is 8.99. The molecule has 1 aliphatic rings. The van der Waals surface area contributed by atoms with Crippen LogP contribution in [0.25, 0.3) is 0 Å². The van der Waals surface area contributed by atoms with Gasteiger partial charge in [-0.1, -0.05) is 0 Å². The average Bonchev–Trinajstić information content (AvgIpc) is 1.64. The summed E-state index contributed by atoms with van der Waals surface area (Å²) in [4.78, 5) is 0. The highest BCUT2D eigenvalue weighted by atomic mass is 32.2. The van der Waals surface area contributed by atoms with Gasteiger partial charge in [-0.3, -0.25) is 0 Å². The summed E-state index contributed by atoms with van der Waals surface area (Å²) in [6.45, 7) is 0. The van der Waals surface area contributed by atoms with E-state index in [1.165, 1.54) is 0 Å². The third kappa shape index (κ3) is 1.88. The van der Waals surface area contributed by atoms with E-state index >= 15 is 0 Å². The maximum Gasteiger partial charge on any atom is 0.100 e. The minimum atomic E-state index is -0.147. The molecular weight excluding hydrogens is 140 g/mol. The van der Waals surface area contributed by atoms with E-state index < -0.39 is 0 Å². The van der Waals surface area contributed by atoms with E-state index in [2.05, 4.69) is 12.6 Å². The largest absolute Gasteiger partial charge is 0.382 e. The van der Waals surface area contributed by atoms with Gasteiger partial charge in [0.1, 0.15) is 5.44 Å². The predicted octanol–water partition coefficient (Wildman–Crippen LogP) is 1.13. The first-order valence-electron chi connectivity index (χ1n) is 2.77. The number of hydrogen-bond acceptors (Lipinski definition) is 3. The lowest BCUT2D eigenvalue weighted by atomic mass is 10.2. The molecule has 0 saturated carbocycles. The van der Waals surface area contributed by atoms with Crippen LogP contribution in [0.5, 0.6) is 0 Å². The van der Waals surface area contributed by atoms with Crippen LogP contribution < -0.4 is 0 Å². The van der Waals surface area contributed by atoms with E-state index in [4.69, 9.17) is 5.11 Å². The van der Waals surface area contributed by atoms with E-state index in [-0.39, 0.29) is 5.44 Å². The molecule has 1 rings (SSSR count). The van der Waals surface area contributed by atoms with Gasteiger partial charge in [0.15, 0.2) is 0 Å². The van der Waals surface area contributed by atoms with Gasteiger partial charge in [0.05, 0.1) is 0 Å². The Bertz CT molecular complexity index is 68.8. The second kappa shape index (κ2) is 2.99. The summed E-state index contributed by atoms with van der Waals surface area (Å²) in [7, 11) is 0. The Kier molecular flexibility index (Phi) is 2.53. The molecule has 1 N–H and O–H groups in total. The molecule has 1 aliphatic heterocycles. The fourth-order valence-corrected chi connectivity index (χ4v) is 2.47. The lowest BCUT2D eigenvalue weighted by Crippen LogP contribution is -2.17. The topological polar surface area (TPSA) is 20.2 Å². The Balaban J connectivity index is 2.23. The SMILES string of the molecule is OC1CC(S)CCS1. The van der Waals surface area contributed by atoms with Crippen molar-refractivity contribution in [1.29, 1.82) is 0 Å². The van der Waals surface area contributed by atoms with Crippen molar-refractivity contribution in [2.45, 2.75) is 23.5 Å². The van der Waals surface area contributed by atoms with Crippen molar-refractivity contribution in [2.75, 3.05) is 5.75 Å². The van der Waals surface area contributed by atoms with Crippen LogP contribution in [0.15, 0.2) is 0 Å². The maximum absolute atomic E-state index is 8.99. The highest BCUT2D eigenvalue weighted by molar-refractivity contribution is 7.99. The number of rotatable bonds is 0. The molecule has 2 unspecified atom stereocenters. The van der Waals surface area contributed by atoms with Crippen molar-refractivity contribution in [2.24, 2.45) is 0 Å². The molecule has 0 spiro atoms. The minimum Gasteiger partial charge on any atom is -0.382 e. The molecule has 0 radical (unpaired) electrons. The fourth-order valence-electron chi connectivity index (χ4n) is 0.759. The zero-order valence-corrected chi connectivity index (χ0v) is 6.29. The van der Waals surface area contributed by atoms with Gasteiger partial charge in [0.25, 0.3) is 0 Å². The molecule has 1 saturated heterocycles. The fraction of sp³-hybridized carbons (Fsp3) is 1.00. The average molecular weight is 150 g/mol. The van der Waals surface area contributed by atoms with Gasteiger partial charge in [-0.05, 0) is 18.6 Å². The first-order chi connectivity index (χ1) is 3.79. The normalized spacial score (nSPS) is 39.8. The molecular formula is C5H10OS2. The number of hydrogen-bond donors (Lipinski definition) is 2. The van der Waals surface area contributed by atoms with Gasteiger partial charge in [-0.25, -0.2) is 0 Å². The lowest BCUT2D eigenvalue weighted by Gasteiger charge is -2.20. The Morgan fingerprint density at radius 3 is 2.75 bits per heavy atom. The number of thioether (sulfide) groups is 1. The number of aliphatic hydroxyl groups excluding tert-OH is 1. The summed E-state index contributed by atoms with van der Waals surface area (Å²) >= 11 is 5.88. The molecule has 0 amide bonds. The van der Waals surface area contributed by atoms with Gasteiger partial charge in [-0.15, -0.1) is 11.8 Å². The molecule has 0 aliphatic carbocycles. The monoisotopic (exact) mass is 150 g/mol. The second-order valence-electron chi connectivity index (χ2n) is 2.00. The molecule has 0 aromatic carbocycles. The van der Waals surface area contributed by atoms with Crippen molar-refractivity contribution in [3.63, 3.8) is 0 Å². The Morgan fingerprint density at radius 1 is 1.62 bits per heavy atom. The van der Waals surface area contributed by atoms with Gasteiger partial charge in [0.2, 0.25) is 0 Å². The van der Waals surface area contributed by atoms with Gasteiger partial charge in [0, 0.05) is 5.25 Å². The van der Waals surface area contributed by atoms with E-state index in [9.17, 15) is 0 Å². The Morgan fingerprint density at radius 2 is 2.38 bits per heavy atom. The van der Waals surface area contributed by atoms with Crippen LogP contribution in [-0.2, 0) is 0 Å². The molecule has 0 aromatic heterocycles. The Labute approximate surface area is 59.3 Å². The van der Waals surface area contributed by atoms with Crippen LogP contribution in [0, 0.1) is 0 Å². The van der Waals surface area contributed by atoms with E-state index in [1.807, 2.05) is 0 Å². The molecule has 1 heterocycles. The number of thiol groups is 1. The van der Waals surface area contributed by atoms with Crippen molar-refractivity contribution < 1.29 is 5.11 Å². The predicted molar refractivity (Wildman–Crippen MR) is 40.5 cm³/mol. The molecule has 3 heteroatoms. The highest BCUT2D eigenvalue weighted by Gasteiger charge is 2.16. The summed E-state index contributed by atoms with van der Waals surface area (Å²) in [5.41, 5.74) is -0.147. The highest BCUT2D eigenvalue weighted by Crippen LogP contribution is 2.25. The smallest absolute Gasteiger partial charge is 0.100 e. The van der Waals surface area contributed by atoms with Crippen molar-refractivity contribution >= 4 is 24.4 Å². The van der Waals surface area contributed by atoms with Crippen molar-refractivity contribution in [3.8, 4) is 0 Å². The molecule has 2 atom stereocenters. The summed E-state index contributed by atoms with van der Waals surface area (Å²) in [6, 6.07) is 0. The zero-order valence-electron chi connectivity index (χ0n) is 4.58. The van der Waals surface area contributed by atoms with Crippen LogP contribution in [0.3, 0.4) is 0 Å². The van der Waals surface area contributed by atoms with Gasteiger partial charge < -0.3 is 5.11 Å². The van der Waals surface area contributed by atoms with Crippen LogP contribution in [0.2, 0.25) is 0 Å². The molecule has 0 aromatic rings. The van der Waals surface area contributed by atoms with Gasteiger partial charge in [-0.2, -0.15) is 12.6 Å². The van der Waals surface area contributed by atoms with Crippen LogP contribution in [0.4, 0.5) is 0 Å². The first kappa shape index (κ1) is 6.78. The summed E-state index contributed by atoms with van der Waals surface area (Å²) in [5, 5.41) is 9.43. The molecule has 48 valence electrons. The standard InChI is InChI=1S/C5H10OS2/c6-5-3-4(7)1-2-8-5/h4-7H,1-3H2. The van der Waals surface area contributed by atoms with Gasteiger partial charge >= 0.3 is 0 Å². The summed E-state index contributed by atoms with van der Waals surface area (Å²) in [5.74, 6) is 1.06. The minimum absolute atomic E-state index is 0.147.